The summed E-state index contributed by atoms with van der Waals surface area (Å²) in [6, 6.07) is -0.943. The van der Waals surface area contributed by atoms with E-state index in [-0.39, 0.29) is 17.4 Å². The van der Waals surface area contributed by atoms with Gasteiger partial charge >= 0.3 is 5.97 Å². The van der Waals surface area contributed by atoms with E-state index in [9.17, 15) is 19.5 Å². The standard InChI is InChI=1S/C16H24N2O4/c1-6-11-13(10(5)19)9(4)17-14(11)15(20)18-12(16(21)22)7-8(2)3/h8,12,17H,6-7H2,1-5H3,(H,18,20)(H,21,22)/t12-/m1/s1. The quantitative estimate of drug-likeness (QED) is 0.673. The highest BCUT2D eigenvalue weighted by molar-refractivity contribution is 6.03. The molecule has 0 aliphatic rings. The second-order valence-corrected chi connectivity index (χ2v) is 5.88. The van der Waals surface area contributed by atoms with E-state index >= 15 is 0 Å². The molecule has 0 spiro atoms. The largest absolute Gasteiger partial charge is 0.480 e. The Kier molecular flexibility index (Phi) is 5.91. The van der Waals surface area contributed by atoms with Gasteiger partial charge < -0.3 is 15.4 Å². The highest BCUT2D eigenvalue weighted by atomic mass is 16.4. The third kappa shape index (κ3) is 3.96. The number of aromatic amines is 1. The van der Waals surface area contributed by atoms with Crippen molar-refractivity contribution in [2.24, 2.45) is 5.92 Å². The first-order valence-electron chi connectivity index (χ1n) is 7.45. The zero-order valence-corrected chi connectivity index (χ0v) is 13.7. The summed E-state index contributed by atoms with van der Waals surface area (Å²) in [7, 11) is 0. The number of carboxylic acids is 1. The van der Waals surface area contributed by atoms with Crippen LogP contribution in [-0.2, 0) is 11.2 Å². The molecule has 1 aromatic rings. The van der Waals surface area contributed by atoms with Crippen LogP contribution in [0, 0.1) is 12.8 Å². The van der Waals surface area contributed by atoms with E-state index in [0.29, 0.717) is 29.7 Å². The number of nitrogens with one attached hydrogen (secondary N) is 2. The second kappa shape index (κ2) is 7.24. The van der Waals surface area contributed by atoms with Gasteiger partial charge in [-0.3, -0.25) is 9.59 Å². The monoisotopic (exact) mass is 308 g/mol. The molecule has 22 heavy (non-hydrogen) atoms. The summed E-state index contributed by atoms with van der Waals surface area (Å²) in [6.45, 7) is 8.83. The van der Waals surface area contributed by atoms with Crippen LogP contribution < -0.4 is 5.32 Å². The van der Waals surface area contributed by atoms with Crippen molar-refractivity contribution in [3.63, 3.8) is 0 Å². The highest BCUT2D eigenvalue weighted by Gasteiger charge is 2.26. The number of Topliss-reactive ketones (excluding diaryl/α,β-unsaturated/α-hetero) is 1. The van der Waals surface area contributed by atoms with Gasteiger partial charge in [0.25, 0.3) is 5.91 Å². The average Bonchev–Trinajstić information content (AvgIpc) is 2.74. The fraction of sp³-hybridized carbons (Fsp3) is 0.562. The Labute approximate surface area is 130 Å². The molecular weight excluding hydrogens is 284 g/mol. The van der Waals surface area contributed by atoms with E-state index in [2.05, 4.69) is 10.3 Å². The molecule has 6 heteroatoms. The van der Waals surface area contributed by atoms with Crippen LogP contribution in [0.15, 0.2) is 0 Å². The zero-order valence-electron chi connectivity index (χ0n) is 13.7. The number of carbonyl (C=O) groups is 3. The summed E-state index contributed by atoms with van der Waals surface area (Å²) >= 11 is 0. The summed E-state index contributed by atoms with van der Waals surface area (Å²) in [5.41, 5.74) is 2.06. The molecule has 1 rings (SSSR count). The number of H-pyrrole nitrogens is 1. The minimum atomic E-state index is -1.06. The molecule has 0 aliphatic carbocycles. The highest BCUT2D eigenvalue weighted by Crippen LogP contribution is 2.20. The normalized spacial score (nSPS) is 12.3. The number of carbonyl (C=O) groups excluding carboxylic acids is 2. The number of carboxylic acid groups (broad SMARTS) is 1. The van der Waals surface area contributed by atoms with E-state index in [4.69, 9.17) is 0 Å². The van der Waals surface area contributed by atoms with Gasteiger partial charge in [-0.2, -0.15) is 0 Å². The predicted octanol–water partition coefficient (Wildman–Crippen LogP) is 2.32. The topological polar surface area (TPSA) is 99.3 Å². The predicted molar refractivity (Wildman–Crippen MR) is 83.3 cm³/mol. The van der Waals surface area contributed by atoms with Crippen LogP contribution in [0.2, 0.25) is 0 Å². The maximum Gasteiger partial charge on any atom is 0.326 e. The van der Waals surface area contributed by atoms with E-state index < -0.39 is 17.9 Å². The molecule has 0 radical (unpaired) electrons. The Morgan fingerprint density at radius 2 is 1.86 bits per heavy atom. The minimum Gasteiger partial charge on any atom is -0.480 e. The first kappa shape index (κ1) is 17.9. The molecule has 6 nitrogen and oxygen atoms in total. The zero-order chi connectivity index (χ0) is 17.0. The number of rotatable bonds is 7. The lowest BCUT2D eigenvalue weighted by atomic mass is 10.0. The van der Waals surface area contributed by atoms with Crippen LogP contribution in [0.25, 0.3) is 0 Å². The van der Waals surface area contributed by atoms with E-state index in [1.54, 1.807) is 6.92 Å². The smallest absolute Gasteiger partial charge is 0.326 e. The molecule has 1 aromatic heterocycles. The Morgan fingerprint density at radius 1 is 1.27 bits per heavy atom. The third-order valence-corrected chi connectivity index (χ3v) is 3.53. The van der Waals surface area contributed by atoms with Gasteiger partial charge in [0.15, 0.2) is 5.78 Å². The Hall–Kier alpha value is -2.11. The van der Waals surface area contributed by atoms with Crippen molar-refractivity contribution in [1.82, 2.24) is 10.3 Å². The molecule has 1 amide bonds. The van der Waals surface area contributed by atoms with Crippen molar-refractivity contribution in [2.75, 3.05) is 0 Å². The molecule has 0 bridgehead atoms. The fourth-order valence-corrected chi connectivity index (χ4v) is 2.62. The van der Waals surface area contributed by atoms with E-state index in [1.807, 2.05) is 20.8 Å². The lowest BCUT2D eigenvalue weighted by Gasteiger charge is -2.16. The van der Waals surface area contributed by atoms with E-state index in [1.165, 1.54) is 6.92 Å². The molecule has 122 valence electrons. The lowest BCUT2D eigenvalue weighted by Crippen LogP contribution is -2.42. The Bertz CT molecular complexity index is 587. The number of amides is 1. The summed E-state index contributed by atoms with van der Waals surface area (Å²) in [4.78, 5) is 38.3. The number of ketones is 1. The van der Waals surface area contributed by atoms with Gasteiger partial charge in [0, 0.05) is 11.3 Å². The first-order valence-corrected chi connectivity index (χ1v) is 7.45. The molecule has 0 saturated carbocycles. The summed E-state index contributed by atoms with van der Waals surface area (Å²) in [6.07, 6.45) is 0.867. The summed E-state index contributed by atoms with van der Waals surface area (Å²) in [5.74, 6) is -1.51. The Morgan fingerprint density at radius 3 is 2.27 bits per heavy atom. The van der Waals surface area contributed by atoms with Gasteiger partial charge in [-0.15, -0.1) is 0 Å². The van der Waals surface area contributed by atoms with Crippen molar-refractivity contribution < 1.29 is 19.5 Å². The van der Waals surface area contributed by atoms with Gasteiger partial charge in [0.05, 0.1) is 0 Å². The molecular formula is C16H24N2O4. The van der Waals surface area contributed by atoms with Crippen LogP contribution >= 0.6 is 0 Å². The molecule has 3 N–H and O–H groups in total. The Balaban J connectivity index is 3.10. The molecule has 1 heterocycles. The molecule has 0 aliphatic heterocycles. The molecule has 0 aromatic carbocycles. The number of hydrogen-bond acceptors (Lipinski definition) is 3. The number of hydrogen-bond donors (Lipinski definition) is 3. The fourth-order valence-electron chi connectivity index (χ4n) is 2.62. The first-order chi connectivity index (χ1) is 10.2. The SMILES string of the molecule is CCc1c(C(=O)N[C@H](CC(C)C)C(=O)O)[nH]c(C)c1C(C)=O. The van der Waals surface area contributed by atoms with Gasteiger partial charge in [0.2, 0.25) is 0 Å². The molecule has 0 unspecified atom stereocenters. The number of aromatic nitrogens is 1. The van der Waals surface area contributed by atoms with Gasteiger partial charge in [-0.1, -0.05) is 20.8 Å². The third-order valence-electron chi connectivity index (χ3n) is 3.53. The van der Waals surface area contributed by atoms with Gasteiger partial charge in [0.1, 0.15) is 11.7 Å². The van der Waals surface area contributed by atoms with E-state index in [0.717, 1.165) is 0 Å². The van der Waals surface area contributed by atoms with Crippen molar-refractivity contribution in [3.05, 3.63) is 22.5 Å². The van der Waals surface area contributed by atoms with Crippen LogP contribution in [0.5, 0.6) is 0 Å². The molecule has 0 fully saturated rings. The van der Waals surface area contributed by atoms with Gasteiger partial charge in [-0.05, 0) is 38.2 Å². The van der Waals surface area contributed by atoms with Crippen molar-refractivity contribution in [1.29, 1.82) is 0 Å². The molecule has 0 saturated heterocycles. The van der Waals surface area contributed by atoms with Crippen molar-refractivity contribution in [3.8, 4) is 0 Å². The van der Waals surface area contributed by atoms with Crippen LogP contribution in [0.3, 0.4) is 0 Å². The number of aliphatic carboxylic acids is 1. The van der Waals surface area contributed by atoms with Crippen LogP contribution in [-0.4, -0.2) is 33.8 Å². The molecule has 1 atom stereocenters. The average molecular weight is 308 g/mol. The summed E-state index contributed by atoms with van der Waals surface area (Å²) in [5, 5.41) is 11.8. The second-order valence-electron chi connectivity index (χ2n) is 5.88. The van der Waals surface area contributed by atoms with Crippen molar-refractivity contribution in [2.45, 2.75) is 53.5 Å². The van der Waals surface area contributed by atoms with Crippen LogP contribution in [0.1, 0.15) is 66.2 Å². The number of aryl methyl sites for hydroxylation is 1. The summed E-state index contributed by atoms with van der Waals surface area (Å²) < 4.78 is 0. The van der Waals surface area contributed by atoms with Gasteiger partial charge in [-0.25, -0.2) is 4.79 Å². The van der Waals surface area contributed by atoms with Crippen molar-refractivity contribution >= 4 is 17.7 Å². The maximum atomic E-state index is 12.4. The van der Waals surface area contributed by atoms with Crippen LogP contribution in [0.4, 0.5) is 0 Å². The maximum absolute atomic E-state index is 12.4. The lowest BCUT2D eigenvalue weighted by molar-refractivity contribution is -0.139. The minimum absolute atomic E-state index is 0.110.